The Morgan fingerprint density at radius 2 is 1.88 bits per heavy atom. The van der Waals surface area contributed by atoms with E-state index in [-0.39, 0.29) is 28.9 Å². The zero-order valence-corrected chi connectivity index (χ0v) is 22.9. The molecule has 0 saturated carbocycles. The monoisotopic (exact) mass is 562 g/mol. The SMILES string of the molecule is COCCc1cc([C@H](Nc2ccc(C(=N)N)c(OC(C)=O)c2)c2nn(-c3ncccn3)c(=O)[nH]2)cc(OC)c1OC. The smallest absolute Gasteiger partial charge is 0.350 e. The van der Waals surface area contributed by atoms with Gasteiger partial charge in [-0.3, -0.25) is 15.2 Å². The first-order valence-electron chi connectivity index (χ1n) is 12.4. The molecule has 5 N–H and O–H groups in total. The molecule has 4 aromatic rings. The highest BCUT2D eigenvalue weighted by Gasteiger charge is 2.25. The van der Waals surface area contributed by atoms with Crippen molar-refractivity contribution in [3.05, 3.63) is 81.8 Å². The van der Waals surface area contributed by atoms with Crippen LogP contribution in [0.15, 0.2) is 53.6 Å². The van der Waals surface area contributed by atoms with Crippen LogP contribution >= 0.6 is 0 Å². The molecular formula is C27H30N8O6. The molecule has 2 aromatic heterocycles. The van der Waals surface area contributed by atoms with Crippen LogP contribution in [0, 0.1) is 5.41 Å². The standard InChI is InChI=1S/C27H30N8O6/c1-15(36)41-20-14-18(6-7-19(20)24(28)29)32-22(25-33-27(37)35(34-25)26-30-9-5-10-31-26)17-12-16(8-11-38-2)23(40-4)21(13-17)39-3/h5-7,9-10,12-14,22,32H,8,11H2,1-4H3,(H3,28,29)(H,33,34,37)/t22-/m0/s1. The summed E-state index contributed by atoms with van der Waals surface area (Å²) in [6, 6.07) is 9.28. The van der Waals surface area contributed by atoms with Gasteiger partial charge in [-0.25, -0.2) is 14.8 Å². The highest BCUT2D eigenvalue weighted by Crippen LogP contribution is 2.37. The summed E-state index contributed by atoms with van der Waals surface area (Å²) in [5.41, 5.74) is 7.32. The number of nitrogens with two attached hydrogens (primary N) is 1. The predicted molar refractivity (Wildman–Crippen MR) is 149 cm³/mol. The first kappa shape index (κ1) is 28.8. The van der Waals surface area contributed by atoms with Gasteiger partial charge < -0.3 is 30.0 Å². The second kappa shape index (κ2) is 12.7. The van der Waals surface area contributed by atoms with E-state index >= 15 is 0 Å². The first-order valence-corrected chi connectivity index (χ1v) is 12.4. The van der Waals surface area contributed by atoms with E-state index < -0.39 is 17.7 Å². The molecule has 0 bridgehead atoms. The van der Waals surface area contributed by atoms with Gasteiger partial charge in [-0.15, -0.1) is 9.78 Å². The molecule has 0 amide bonds. The first-order chi connectivity index (χ1) is 19.7. The van der Waals surface area contributed by atoms with Gasteiger partial charge in [-0.2, -0.15) is 0 Å². The van der Waals surface area contributed by atoms with Crippen molar-refractivity contribution in [1.29, 1.82) is 5.41 Å². The summed E-state index contributed by atoms with van der Waals surface area (Å²) in [4.78, 5) is 35.7. The van der Waals surface area contributed by atoms with Gasteiger partial charge >= 0.3 is 11.7 Å². The zero-order chi connectivity index (χ0) is 29.5. The number of aromatic amines is 1. The number of hydrogen-bond acceptors (Lipinski definition) is 11. The fraction of sp³-hybridized carbons (Fsp3) is 0.259. The van der Waals surface area contributed by atoms with E-state index in [4.69, 9.17) is 30.1 Å². The number of nitrogens with one attached hydrogen (secondary N) is 3. The van der Waals surface area contributed by atoms with E-state index in [0.717, 1.165) is 10.2 Å². The number of nitrogen functional groups attached to an aromatic ring is 1. The van der Waals surface area contributed by atoms with Crippen LogP contribution in [0.25, 0.3) is 5.95 Å². The number of aromatic nitrogens is 5. The van der Waals surface area contributed by atoms with E-state index in [1.165, 1.54) is 32.5 Å². The molecule has 0 aliphatic carbocycles. The van der Waals surface area contributed by atoms with Crippen molar-refractivity contribution >= 4 is 17.5 Å². The predicted octanol–water partition coefficient (Wildman–Crippen LogP) is 1.97. The molecule has 14 nitrogen and oxygen atoms in total. The summed E-state index contributed by atoms with van der Waals surface area (Å²) >= 11 is 0. The van der Waals surface area contributed by atoms with Crippen LogP contribution in [-0.4, -0.2) is 64.5 Å². The number of esters is 1. The number of H-pyrrole nitrogens is 1. The quantitative estimate of drug-likeness (QED) is 0.0854. The minimum atomic E-state index is -0.762. The van der Waals surface area contributed by atoms with Gasteiger partial charge in [0, 0.05) is 43.7 Å². The largest absolute Gasteiger partial charge is 0.493 e. The fourth-order valence-electron chi connectivity index (χ4n) is 4.19. The van der Waals surface area contributed by atoms with E-state index in [2.05, 4.69) is 25.4 Å². The van der Waals surface area contributed by atoms with Crippen molar-refractivity contribution in [3.63, 3.8) is 0 Å². The summed E-state index contributed by atoms with van der Waals surface area (Å²) in [5.74, 6) is 0.591. The molecule has 2 heterocycles. The van der Waals surface area contributed by atoms with Crippen LogP contribution in [-0.2, 0) is 16.0 Å². The Balaban J connectivity index is 1.88. The molecule has 0 saturated heterocycles. The zero-order valence-electron chi connectivity index (χ0n) is 22.9. The number of benzene rings is 2. The van der Waals surface area contributed by atoms with E-state index in [9.17, 15) is 9.59 Å². The van der Waals surface area contributed by atoms with Crippen molar-refractivity contribution in [3.8, 4) is 23.2 Å². The van der Waals surface area contributed by atoms with Gasteiger partial charge in [0.1, 0.15) is 17.6 Å². The van der Waals surface area contributed by atoms with Crippen molar-refractivity contribution in [2.45, 2.75) is 19.4 Å². The summed E-state index contributed by atoms with van der Waals surface area (Å²) < 4.78 is 22.9. The number of amidine groups is 1. The maximum absolute atomic E-state index is 12.9. The third kappa shape index (κ3) is 6.50. The highest BCUT2D eigenvalue weighted by molar-refractivity contribution is 5.98. The van der Waals surface area contributed by atoms with Crippen LogP contribution in [0.1, 0.15) is 35.5 Å². The van der Waals surface area contributed by atoms with Crippen molar-refractivity contribution in [2.75, 3.05) is 33.3 Å². The van der Waals surface area contributed by atoms with E-state index in [1.54, 1.807) is 38.5 Å². The second-order valence-electron chi connectivity index (χ2n) is 8.73. The molecule has 0 aliphatic rings. The summed E-state index contributed by atoms with van der Waals surface area (Å²) in [6.07, 6.45) is 3.52. The van der Waals surface area contributed by atoms with Gasteiger partial charge in [0.15, 0.2) is 17.3 Å². The molecular weight excluding hydrogens is 532 g/mol. The van der Waals surface area contributed by atoms with Crippen LogP contribution < -0.4 is 31.0 Å². The lowest BCUT2D eigenvalue weighted by molar-refractivity contribution is -0.131. The average molecular weight is 563 g/mol. The van der Waals surface area contributed by atoms with Crippen molar-refractivity contribution in [1.82, 2.24) is 24.7 Å². The Morgan fingerprint density at radius 3 is 2.51 bits per heavy atom. The van der Waals surface area contributed by atoms with Gasteiger partial charge in [0.2, 0.25) is 0 Å². The van der Waals surface area contributed by atoms with E-state index in [0.29, 0.717) is 35.8 Å². The molecule has 4 rings (SSSR count). The van der Waals surface area contributed by atoms with Crippen molar-refractivity contribution in [2.24, 2.45) is 5.73 Å². The van der Waals surface area contributed by atoms with Crippen LogP contribution in [0.3, 0.4) is 0 Å². The lowest BCUT2D eigenvalue weighted by atomic mass is 9.99. The fourth-order valence-corrected chi connectivity index (χ4v) is 4.19. The Kier molecular flexibility index (Phi) is 8.94. The maximum atomic E-state index is 12.9. The molecule has 0 aliphatic heterocycles. The minimum absolute atomic E-state index is 0.0924. The lowest BCUT2D eigenvalue weighted by Gasteiger charge is -2.22. The van der Waals surface area contributed by atoms with Crippen LogP contribution in [0.5, 0.6) is 17.2 Å². The van der Waals surface area contributed by atoms with Gasteiger partial charge in [0.25, 0.3) is 5.95 Å². The molecule has 0 spiro atoms. The third-order valence-electron chi connectivity index (χ3n) is 5.97. The Labute approximate surface area is 235 Å². The molecule has 0 fully saturated rings. The number of anilines is 1. The number of nitrogens with zero attached hydrogens (tertiary/aromatic N) is 4. The summed E-state index contributed by atoms with van der Waals surface area (Å²) in [5, 5.41) is 15.7. The maximum Gasteiger partial charge on any atom is 0.350 e. The Hall–Kier alpha value is -5.24. The van der Waals surface area contributed by atoms with Gasteiger partial charge in [-0.1, -0.05) is 0 Å². The van der Waals surface area contributed by atoms with E-state index in [1.807, 2.05) is 6.07 Å². The number of ether oxygens (including phenoxy) is 4. The molecule has 214 valence electrons. The minimum Gasteiger partial charge on any atom is -0.493 e. The van der Waals surface area contributed by atoms with Gasteiger partial charge in [-0.05, 0) is 42.3 Å². The number of carbonyl (C=O) groups is 1. The normalized spacial score (nSPS) is 11.5. The van der Waals surface area contributed by atoms with Crippen molar-refractivity contribution < 1.29 is 23.7 Å². The molecule has 2 aromatic carbocycles. The number of carbonyl (C=O) groups excluding carboxylic acids is 1. The number of hydrogen-bond donors (Lipinski definition) is 4. The summed E-state index contributed by atoms with van der Waals surface area (Å²) in [7, 11) is 4.68. The molecule has 0 unspecified atom stereocenters. The number of methoxy groups -OCH3 is 3. The molecule has 41 heavy (non-hydrogen) atoms. The average Bonchev–Trinajstić information content (AvgIpc) is 3.35. The number of rotatable bonds is 12. The Morgan fingerprint density at radius 1 is 1.12 bits per heavy atom. The molecule has 14 heteroatoms. The third-order valence-corrected chi connectivity index (χ3v) is 5.97. The lowest BCUT2D eigenvalue weighted by Crippen LogP contribution is -2.18. The molecule has 0 radical (unpaired) electrons. The second-order valence-corrected chi connectivity index (χ2v) is 8.73. The highest BCUT2D eigenvalue weighted by atomic mass is 16.5. The van der Waals surface area contributed by atoms with Gasteiger partial charge in [0.05, 0.1) is 26.4 Å². The molecule has 1 atom stereocenters. The Bertz CT molecular complexity index is 1600. The topological polar surface area (TPSA) is 192 Å². The van der Waals surface area contributed by atoms with Crippen LogP contribution in [0.4, 0.5) is 5.69 Å². The van der Waals surface area contributed by atoms with Crippen LogP contribution in [0.2, 0.25) is 0 Å². The summed E-state index contributed by atoms with van der Waals surface area (Å²) in [6.45, 7) is 1.68.